The van der Waals surface area contributed by atoms with Crippen LogP contribution in [-0.2, 0) is 0 Å². The Morgan fingerprint density at radius 1 is 0.600 bits per heavy atom. The molecule has 0 aromatic heterocycles. The summed E-state index contributed by atoms with van der Waals surface area (Å²) in [6.07, 6.45) is 0. The zero-order valence-electron chi connectivity index (χ0n) is 2.25. The van der Waals surface area contributed by atoms with Crippen molar-refractivity contribution in [2.24, 2.45) is 0 Å². The molecule has 0 spiro atoms. The van der Waals surface area contributed by atoms with E-state index in [9.17, 15) is 0 Å². The second kappa shape index (κ2) is 65.2. The summed E-state index contributed by atoms with van der Waals surface area (Å²) < 4.78 is 0. The van der Waals surface area contributed by atoms with Crippen LogP contribution in [-0.4, -0.2) is 21.9 Å². The van der Waals surface area contributed by atoms with E-state index in [0.717, 1.165) is 0 Å². The van der Waals surface area contributed by atoms with Crippen molar-refractivity contribution in [1.29, 1.82) is 0 Å². The summed E-state index contributed by atoms with van der Waals surface area (Å²) in [6, 6.07) is 0. The standard InChI is InChI=1S/4H2O.Sm/h4*1H2;/q;;;;+3/p-3. The summed E-state index contributed by atoms with van der Waals surface area (Å²) in [4.78, 5) is 0. The largest absolute Gasteiger partial charge is 3.00 e. The van der Waals surface area contributed by atoms with E-state index in [2.05, 4.69) is 0 Å². The van der Waals surface area contributed by atoms with Crippen molar-refractivity contribution in [2.45, 2.75) is 0 Å². The van der Waals surface area contributed by atoms with Crippen molar-refractivity contribution >= 4 is 0 Å². The van der Waals surface area contributed by atoms with Crippen molar-refractivity contribution in [3.05, 3.63) is 0 Å². The van der Waals surface area contributed by atoms with Gasteiger partial charge in [0.25, 0.3) is 0 Å². The minimum atomic E-state index is 0. The van der Waals surface area contributed by atoms with E-state index in [4.69, 9.17) is 0 Å². The molecule has 0 unspecified atom stereocenters. The first-order valence-electron chi connectivity index (χ1n) is 0. The molecule has 0 aliphatic heterocycles. The first-order chi connectivity index (χ1) is 0. The van der Waals surface area contributed by atoms with Crippen molar-refractivity contribution in [1.82, 2.24) is 0 Å². The molecule has 0 aromatic rings. The van der Waals surface area contributed by atoms with Crippen molar-refractivity contribution in [3.63, 3.8) is 0 Å². The van der Waals surface area contributed by atoms with Gasteiger partial charge in [0, 0.05) is 0 Å². The molecule has 0 heterocycles. The third-order valence-electron chi connectivity index (χ3n) is 0. The Morgan fingerprint density at radius 2 is 0.600 bits per heavy atom. The molecule has 0 saturated carbocycles. The quantitative estimate of drug-likeness (QED) is 0.500. The van der Waals surface area contributed by atoms with E-state index in [1.165, 1.54) is 0 Å². The van der Waals surface area contributed by atoms with Gasteiger partial charge in [0.15, 0.2) is 0 Å². The molecule has 0 atom stereocenters. The van der Waals surface area contributed by atoms with Gasteiger partial charge in [0.2, 0.25) is 0 Å². The molecule has 0 saturated heterocycles. The van der Waals surface area contributed by atoms with Crippen LogP contribution in [0.4, 0.5) is 0 Å². The fraction of sp³-hybridized carbons (Fsp3) is 0. The van der Waals surface area contributed by atoms with Gasteiger partial charge in [-0.15, -0.1) is 0 Å². The monoisotopic (exact) mass is 221 g/mol. The summed E-state index contributed by atoms with van der Waals surface area (Å²) in [6.45, 7) is 0. The van der Waals surface area contributed by atoms with Gasteiger partial charge in [-0.3, -0.25) is 0 Å². The molecule has 5 heteroatoms. The van der Waals surface area contributed by atoms with Gasteiger partial charge in [-0.05, 0) is 0 Å². The summed E-state index contributed by atoms with van der Waals surface area (Å²) >= 11 is 0. The molecular formula is H5O4Sm. The molecular weight excluding hydrogens is 214 g/mol. The van der Waals surface area contributed by atoms with Gasteiger partial charge in [-0.2, -0.15) is 0 Å². The zero-order valence-corrected chi connectivity index (χ0v) is 4.87. The number of hydrogen-bond acceptors (Lipinski definition) is 3. The second-order valence-corrected chi connectivity index (χ2v) is 0. The minimum Gasteiger partial charge on any atom is -0.870 e. The van der Waals surface area contributed by atoms with E-state index in [1.807, 2.05) is 0 Å². The van der Waals surface area contributed by atoms with Crippen LogP contribution in [0.1, 0.15) is 0 Å². The van der Waals surface area contributed by atoms with Gasteiger partial charge in [0.1, 0.15) is 0 Å². The maximum absolute atomic E-state index is 0. The molecule has 0 aromatic carbocycles. The third-order valence-corrected chi connectivity index (χ3v) is 0. The molecule has 1 radical (unpaired) electrons. The summed E-state index contributed by atoms with van der Waals surface area (Å²) in [7, 11) is 0. The molecule has 0 aliphatic carbocycles. The SMILES string of the molecule is O.[OH-].[OH-].[OH-].[Sm+3]. The van der Waals surface area contributed by atoms with Gasteiger partial charge in [-0.25, -0.2) is 0 Å². The van der Waals surface area contributed by atoms with Gasteiger partial charge < -0.3 is 21.9 Å². The van der Waals surface area contributed by atoms with Crippen LogP contribution in [0.2, 0.25) is 0 Å². The van der Waals surface area contributed by atoms with Crippen LogP contribution >= 0.6 is 0 Å². The van der Waals surface area contributed by atoms with E-state index >= 15 is 0 Å². The van der Waals surface area contributed by atoms with Crippen molar-refractivity contribution < 1.29 is 62.3 Å². The Hall–Kier alpha value is 1.18. The molecule has 5 heavy (non-hydrogen) atoms. The smallest absolute Gasteiger partial charge is 0.870 e. The normalized spacial score (nSPS) is 0. The predicted octanol–water partition coefficient (Wildman–Crippen LogP) is -1.36. The molecule has 4 nitrogen and oxygen atoms in total. The van der Waals surface area contributed by atoms with E-state index in [0.29, 0.717) is 0 Å². The summed E-state index contributed by atoms with van der Waals surface area (Å²) in [5.74, 6) is 0. The van der Waals surface area contributed by atoms with Gasteiger partial charge in [-0.1, -0.05) is 0 Å². The van der Waals surface area contributed by atoms with E-state index < -0.39 is 0 Å². The molecule has 0 amide bonds. The maximum Gasteiger partial charge on any atom is 3.00 e. The fourth-order valence-corrected chi connectivity index (χ4v) is 0. The second-order valence-electron chi connectivity index (χ2n) is 0. The third kappa shape index (κ3) is 37.7. The number of rotatable bonds is 0. The van der Waals surface area contributed by atoms with Gasteiger partial charge >= 0.3 is 40.4 Å². The van der Waals surface area contributed by atoms with Crippen LogP contribution < -0.4 is 0 Å². The van der Waals surface area contributed by atoms with Gasteiger partial charge in [0.05, 0.1) is 0 Å². The maximum atomic E-state index is 0. The van der Waals surface area contributed by atoms with E-state index in [1.54, 1.807) is 0 Å². The Morgan fingerprint density at radius 3 is 0.600 bits per heavy atom. The topological polar surface area (TPSA) is 122 Å². The summed E-state index contributed by atoms with van der Waals surface area (Å²) in [5, 5.41) is 0. The molecule has 0 rings (SSSR count). The Labute approximate surface area is 61.9 Å². The average Bonchev–Trinajstić information content (AvgIpc) is 0. The Balaban J connectivity index is 0. The summed E-state index contributed by atoms with van der Waals surface area (Å²) in [5.41, 5.74) is 0. The van der Waals surface area contributed by atoms with Crippen LogP contribution in [0.15, 0.2) is 0 Å². The van der Waals surface area contributed by atoms with Crippen LogP contribution in [0.3, 0.4) is 0 Å². The molecule has 5 N–H and O–H groups in total. The van der Waals surface area contributed by atoms with E-state index in [-0.39, 0.29) is 62.3 Å². The first-order valence-corrected chi connectivity index (χ1v) is 0. The van der Waals surface area contributed by atoms with Crippen LogP contribution in [0, 0.1) is 40.4 Å². The fourth-order valence-electron chi connectivity index (χ4n) is 0. The predicted molar refractivity (Wildman–Crippen MR) is 9.42 cm³/mol. The minimum absolute atomic E-state index is 0. The number of hydrogen-bond donors (Lipinski definition) is 0. The van der Waals surface area contributed by atoms with Crippen molar-refractivity contribution in [2.75, 3.05) is 0 Å². The molecule has 0 bridgehead atoms. The van der Waals surface area contributed by atoms with Crippen LogP contribution in [0.5, 0.6) is 0 Å². The molecule has 0 fully saturated rings. The van der Waals surface area contributed by atoms with Crippen molar-refractivity contribution in [3.8, 4) is 0 Å². The van der Waals surface area contributed by atoms with Crippen LogP contribution in [0.25, 0.3) is 0 Å². The average molecular weight is 219 g/mol. The first kappa shape index (κ1) is 119. The zero-order chi connectivity index (χ0) is 0. The molecule has 35 valence electrons. The Kier molecular flexibility index (Phi) is 1560. The molecule has 0 aliphatic rings. The Bertz CT molecular complexity index is 3.61.